The van der Waals surface area contributed by atoms with Gasteiger partial charge < -0.3 is 9.73 Å². The normalized spacial score (nSPS) is 10.8. The number of nitrogens with zero attached hydrogens (tertiary/aromatic N) is 3. The summed E-state index contributed by atoms with van der Waals surface area (Å²) in [6.45, 7) is -0.240. The Morgan fingerprint density at radius 3 is 2.89 bits per heavy atom. The molecule has 1 amide bonds. The summed E-state index contributed by atoms with van der Waals surface area (Å²) in [4.78, 5) is 29.1. The number of halogens is 1. The van der Waals surface area contributed by atoms with Crippen molar-refractivity contribution >= 4 is 45.3 Å². The van der Waals surface area contributed by atoms with Crippen molar-refractivity contribution in [2.24, 2.45) is 0 Å². The van der Waals surface area contributed by atoms with Gasteiger partial charge in [0.2, 0.25) is 11.5 Å². The third kappa shape index (κ3) is 3.03. The van der Waals surface area contributed by atoms with Crippen LogP contribution in [0.3, 0.4) is 0 Å². The Bertz CT molecular complexity index is 1300. The third-order valence-electron chi connectivity index (χ3n) is 4.04. The number of anilines is 1. The van der Waals surface area contributed by atoms with Gasteiger partial charge in [0.25, 0.3) is 5.56 Å². The van der Waals surface area contributed by atoms with Crippen molar-refractivity contribution in [2.45, 2.75) is 6.54 Å². The number of hydrogen-bond donors (Lipinski definition) is 1. The highest BCUT2D eigenvalue weighted by Gasteiger charge is 2.14. The third-order valence-corrected chi connectivity index (χ3v) is 4.35. The van der Waals surface area contributed by atoms with Crippen LogP contribution in [0.5, 0.6) is 0 Å². The van der Waals surface area contributed by atoms with E-state index in [1.165, 1.54) is 23.0 Å². The van der Waals surface area contributed by atoms with Crippen LogP contribution in [-0.4, -0.2) is 15.5 Å². The van der Waals surface area contributed by atoms with Gasteiger partial charge in [-0.15, -0.1) is 0 Å². The molecule has 0 saturated carbocycles. The Kier molecular flexibility index (Phi) is 4.11. The second kappa shape index (κ2) is 6.59. The van der Waals surface area contributed by atoms with Gasteiger partial charge in [0.15, 0.2) is 0 Å². The monoisotopic (exact) mass is 378 g/mol. The molecule has 0 bridgehead atoms. The molecule has 0 fully saturated rings. The summed E-state index contributed by atoms with van der Waals surface area (Å²) >= 11 is 5.95. The van der Waals surface area contributed by atoms with Crippen LogP contribution < -0.4 is 10.9 Å². The highest BCUT2D eigenvalue weighted by atomic mass is 35.5. The molecular formula is C19H11ClN4O3. The van der Waals surface area contributed by atoms with E-state index in [-0.39, 0.29) is 17.2 Å². The first-order valence-corrected chi connectivity index (χ1v) is 8.31. The zero-order valence-electron chi connectivity index (χ0n) is 13.8. The summed E-state index contributed by atoms with van der Waals surface area (Å²) in [5, 5.41) is 12.5. The number of carbonyl (C=O) groups is 1. The van der Waals surface area contributed by atoms with Crippen molar-refractivity contribution in [1.29, 1.82) is 5.26 Å². The van der Waals surface area contributed by atoms with Gasteiger partial charge in [-0.05, 0) is 30.3 Å². The Hall–Kier alpha value is -3.63. The SMILES string of the molecule is N#Cc1ccc(NC(=O)Cn2cnc3c(oc4ccccc43)c2=O)cc1Cl. The maximum absolute atomic E-state index is 12.6. The molecule has 0 aliphatic carbocycles. The molecule has 0 atom stereocenters. The van der Waals surface area contributed by atoms with Gasteiger partial charge in [0.05, 0.1) is 16.9 Å². The molecule has 8 heteroatoms. The van der Waals surface area contributed by atoms with Crippen LogP contribution >= 0.6 is 11.6 Å². The minimum absolute atomic E-state index is 0.105. The van der Waals surface area contributed by atoms with Crippen molar-refractivity contribution in [3.8, 4) is 6.07 Å². The Morgan fingerprint density at radius 2 is 2.11 bits per heavy atom. The lowest BCUT2D eigenvalue weighted by atomic mass is 10.2. The maximum Gasteiger partial charge on any atom is 0.297 e. The van der Waals surface area contributed by atoms with E-state index in [1.807, 2.05) is 18.2 Å². The van der Waals surface area contributed by atoms with Crippen LogP contribution in [0, 0.1) is 11.3 Å². The van der Waals surface area contributed by atoms with Gasteiger partial charge in [-0.2, -0.15) is 5.26 Å². The summed E-state index contributed by atoms with van der Waals surface area (Å²) in [5.41, 5.74) is 1.43. The number of rotatable bonds is 3. The summed E-state index contributed by atoms with van der Waals surface area (Å²) in [6, 6.07) is 13.7. The average Bonchev–Trinajstić information content (AvgIpc) is 3.04. The van der Waals surface area contributed by atoms with E-state index in [0.29, 0.717) is 22.4 Å². The van der Waals surface area contributed by atoms with E-state index in [2.05, 4.69) is 10.3 Å². The summed E-state index contributed by atoms with van der Waals surface area (Å²) in [6.07, 6.45) is 1.32. The van der Waals surface area contributed by atoms with Crippen molar-refractivity contribution in [3.63, 3.8) is 0 Å². The number of fused-ring (bicyclic) bond motifs is 3. The maximum atomic E-state index is 12.6. The largest absolute Gasteiger partial charge is 0.448 e. The second-order valence-electron chi connectivity index (χ2n) is 5.81. The second-order valence-corrected chi connectivity index (χ2v) is 6.22. The molecular weight excluding hydrogens is 368 g/mol. The van der Waals surface area contributed by atoms with Crippen LogP contribution in [0.15, 0.2) is 58.0 Å². The van der Waals surface area contributed by atoms with E-state index in [1.54, 1.807) is 18.2 Å². The van der Waals surface area contributed by atoms with Crippen LogP contribution in [0.1, 0.15) is 5.56 Å². The first kappa shape index (κ1) is 16.8. The first-order chi connectivity index (χ1) is 13.1. The van der Waals surface area contributed by atoms with Crippen molar-refractivity contribution in [1.82, 2.24) is 9.55 Å². The van der Waals surface area contributed by atoms with E-state index >= 15 is 0 Å². The molecule has 0 aliphatic heterocycles. The summed E-state index contributed by atoms with van der Waals surface area (Å²) < 4.78 is 6.76. The zero-order valence-corrected chi connectivity index (χ0v) is 14.5. The fraction of sp³-hybridized carbons (Fsp3) is 0.0526. The van der Waals surface area contributed by atoms with Crippen LogP contribution in [0.25, 0.3) is 22.1 Å². The van der Waals surface area contributed by atoms with Crippen molar-refractivity contribution < 1.29 is 9.21 Å². The molecule has 1 N–H and O–H groups in total. The molecule has 0 radical (unpaired) electrons. The van der Waals surface area contributed by atoms with Gasteiger partial charge in [-0.25, -0.2) is 4.98 Å². The van der Waals surface area contributed by atoms with Gasteiger partial charge >= 0.3 is 0 Å². The molecule has 0 unspecified atom stereocenters. The van der Waals surface area contributed by atoms with E-state index in [4.69, 9.17) is 21.3 Å². The number of aromatic nitrogens is 2. The van der Waals surface area contributed by atoms with Crippen molar-refractivity contribution in [3.05, 3.63) is 69.7 Å². The molecule has 132 valence electrons. The summed E-state index contributed by atoms with van der Waals surface area (Å²) in [5.74, 6) is -0.435. The fourth-order valence-corrected chi connectivity index (χ4v) is 2.99. The number of para-hydroxylation sites is 1. The number of hydrogen-bond acceptors (Lipinski definition) is 5. The number of nitriles is 1. The van der Waals surface area contributed by atoms with Crippen LogP contribution in [0.2, 0.25) is 5.02 Å². The molecule has 0 saturated heterocycles. The van der Waals surface area contributed by atoms with E-state index < -0.39 is 11.5 Å². The molecule has 4 aromatic rings. The lowest BCUT2D eigenvalue weighted by molar-refractivity contribution is -0.116. The predicted octanol–water partition coefficient (Wildman–Crippen LogP) is 3.31. The first-order valence-electron chi connectivity index (χ1n) is 7.93. The van der Waals surface area contributed by atoms with Crippen molar-refractivity contribution in [2.75, 3.05) is 5.32 Å². The molecule has 0 spiro atoms. The van der Waals surface area contributed by atoms with Crippen LogP contribution in [-0.2, 0) is 11.3 Å². The van der Waals surface area contributed by atoms with E-state index in [9.17, 15) is 9.59 Å². The number of furan rings is 1. The van der Waals surface area contributed by atoms with Crippen LogP contribution in [0.4, 0.5) is 5.69 Å². The topological polar surface area (TPSA) is 101 Å². The van der Waals surface area contributed by atoms with Gasteiger partial charge in [0.1, 0.15) is 23.7 Å². The minimum Gasteiger partial charge on any atom is -0.448 e. The predicted molar refractivity (Wildman–Crippen MR) is 101 cm³/mol. The van der Waals surface area contributed by atoms with Gasteiger partial charge in [-0.3, -0.25) is 14.2 Å². The fourth-order valence-electron chi connectivity index (χ4n) is 2.77. The molecule has 2 aromatic carbocycles. The average molecular weight is 379 g/mol. The Balaban J connectivity index is 1.61. The lowest BCUT2D eigenvalue weighted by Gasteiger charge is -2.07. The molecule has 2 aromatic heterocycles. The quantitative estimate of drug-likeness (QED) is 0.589. The highest BCUT2D eigenvalue weighted by molar-refractivity contribution is 6.32. The smallest absolute Gasteiger partial charge is 0.297 e. The molecule has 27 heavy (non-hydrogen) atoms. The van der Waals surface area contributed by atoms with Gasteiger partial charge in [0, 0.05) is 11.1 Å². The minimum atomic E-state index is -0.441. The van der Waals surface area contributed by atoms with Gasteiger partial charge in [-0.1, -0.05) is 23.7 Å². The number of amides is 1. The standard InChI is InChI=1S/C19H11ClN4O3/c20-14-7-12(6-5-11(14)8-21)23-16(25)9-24-10-22-17-13-3-1-2-4-15(13)27-18(17)19(24)26/h1-7,10H,9H2,(H,23,25). The Morgan fingerprint density at radius 1 is 1.30 bits per heavy atom. The van der Waals surface area contributed by atoms with E-state index in [0.717, 1.165) is 5.39 Å². The molecule has 4 rings (SSSR count). The number of benzene rings is 2. The molecule has 2 heterocycles. The highest BCUT2D eigenvalue weighted by Crippen LogP contribution is 2.24. The molecule has 7 nitrogen and oxygen atoms in total. The summed E-state index contributed by atoms with van der Waals surface area (Å²) in [7, 11) is 0. The Labute approximate surface area is 157 Å². The lowest BCUT2D eigenvalue weighted by Crippen LogP contribution is -2.27. The zero-order chi connectivity index (χ0) is 19.0. The molecule has 0 aliphatic rings. The number of nitrogens with one attached hydrogen (secondary N) is 1. The number of carbonyl (C=O) groups excluding carboxylic acids is 1.